The maximum absolute atomic E-state index is 12.0. The molecule has 0 fully saturated rings. The van der Waals surface area contributed by atoms with Gasteiger partial charge in [0, 0.05) is 34.5 Å². The van der Waals surface area contributed by atoms with Crippen LogP contribution in [0.25, 0.3) is 10.4 Å². The van der Waals surface area contributed by atoms with Crippen LogP contribution in [-0.2, 0) is 27.5 Å². The Hall–Kier alpha value is -2.38. The molecule has 142 valence electrons. The lowest BCUT2D eigenvalue weighted by Crippen LogP contribution is -2.25. The van der Waals surface area contributed by atoms with E-state index in [2.05, 4.69) is 17.4 Å². The summed E-state index contributed by atoms with van der Waals surface area (Å²) in [5.41, 5.74) is 2.01. The van der Waals surface area contributed by atoms with Gasteiger partial charge in [0.05, 0.1) is 17.4 Å². The first-order chi connectivity index (χ1) is 12.9. The molecule has 3 aromatic rings. The second-order valence-electron chi connectivity index (χ2n) is 6.29. The number of benzene rings is 1. The lowest BCUT2D eigenvalue weighted by atomic mass is 10.1. The molecule has 0 unspecified atom stereocenters. The Kier molecular flexibility index (Phi) is 6.13. The molecule has 0 aliphatic heterocycles. The Labute approximate surface area is 163 Å². The van der Waals surface area contributed by atoms with Gasteiger partial charge in [-0.25, -0.2) is 8.42 Å². The van der Waals surface area contributed by atoms with Gasteiger partial charge >= 0.3 is 0 Å². The molecule has 2 aromatic heterocycles. The molecule has 3 rings (SSSR count). The summed E-state index contributed by atoms with van der Waals surface area (Å²) in [5, 5.41) is 2.93. The molecule has 0 aliphatic carbocycles. The van der Waals surface area contributed by atoms with Gasteiger partial charge in [-0.05, 0) is 48.7 Å². The minimum absolute atomic E-state index is 0.00574. The first-order valence-corrected chi connectivity index (χ1v) is 11.3. The maximum atomic E-state index is 12.0. The highest BCUT2D eigenvalue weighted by molar-refractivity contribution is 7.90. The van der Waals surface area contributed by atoms with Crippen molar-refractivity contribution in [2.24, 2.45) is 0 Å². The zero-order valence-corrected chi connectivity index (χ0v) is 16.6. The highest BCUT2D eigenvalue weighted by Crippen LogP contribution is 2.28. The van der Waals surface area contributed by atoms with E-state index in [1.807, 2.05) is 6.07 Å². The summed E-state index contributed by atoms with van der Waals surface area (Å²) < 4.78 is 28.0. The van der Waals surface area contributed by atoms with E-state index in [-0.39, 0.29) is 5.91 Å². The molecule has 0 spiro atoms. The number of furan rings is 1. The quantitative estimate of drug-likeness (QED) is 0.622. The van der Waals surface area contributed by atoms with Crippen LogP contribution in [0, 0.1) is 0 Å². The third-order valence-electron chi connectivity index (χ3n) is 4.15. The summed E-state index contributed by atoms with van der Waals surface area (Å²) in [6.07, 6.45) is 6.31. The van der Waals surface area contributed by atoms with Crippen LogP contribution < -0.4 is 5.32 Å². The smallest absolute Gasteiger partial charge is 0.220 e. The van der Waals surface area contributed by atoms with E-state index < -0.39 is 9.84 Å². The normalized spacial score (nSPS) is 11.4. The highest BCUT2D eigenvalue weighted by Gasteiger charge is 2.08. The predicted octanol–water partition coefficient (Wildman–Crippen LogP) is 3.70. The Balaban J connectivity index is 1.41. The fourth-order valence-electron chi connectivity index (χ4n) is 2.65. The van der Waals surface area contributed by atoms with Crippen molar-refractivity contribution >= 4 is 27.1 Å². The maximum Gasteiger partial charge on any atom is 0.220 e. The van der Waals surface area contributed by atoms with Crippen molar-refractivity contribution in [2.75, 3.05) is 12.8 Å². The largest absolute Gasteiger partial charge is 0.472 e. The number of amides is 1. The summed E-state index contributed by atoms with van der Waals surface area (Å²) in [6, 6.07) is 12.7. The van der Waals surface area contributed by atoms with E-state index in [0.717, 1.165) is 22.4 Å². The summed E-state index contributed by atoms with van der Waals surface area (Å²) >= 11 is 1.70. The number of sulfone groups is 1. The zero-order valence-electron chi connectivity index (χ0n) is 15.0. The van der Waals surface area contributed by atoms with Crippen molar-refractivity contribution in [3.05, 3.63) is 65.4 Å². The summed E-state index contributed by atoms with van der Waals surface area (Å²) in [6.45, 7) is 0.594. The summed E-state index contributed by atoms with van der Waals surface area (Å²) in [7, 11) is -3.19. The van der Waals surface area contributed by atoms with Crippen molar-refractivity contribution in [3.63, 3.8) is 0 Å². The van der Waals surface area contributed by atoms with Crippen molar-refractivity contribution < 1.29 is 17.6 Å². The third kappa shape index (κ3) is 5.55. The number of hydrogen-bond donors (Lipinski definition) is 1. The lowest BCUT2D eigenvalue weighted by Gasteiger charge is -2.05. The molecule has 0 atom stereocenters. The first-order valence-electron chi connectivity index (χ1n) is 8.59. The molecule has 0 aliphatic rings. The molecule has 0 radical (unpaired) electrons. The van der Waals surface area contributed by atoms with Gasteiger partial charge in [-0.1, -0.05) is 12.1 Å². The van der Waals surface area contributed by atoms with E-state index >= 15 is 0 Å². The van der Waals surface area contributed by atoms with Crippen LogP contribution in [0.4, 0.5) is 0 Å². The summed E-state index contributed by atoms with van der Waals surface area (Å²) in [4.78, 5) is 14.7. The zero-order chi connectivity index (χ0) is 19.3. The fourth-order valence-corrected chi connectivity index (χ4v) is 4.27. The van der Waals surface area contributed by atoms with Gasteiger partial charge < -0.3 is 9.73 Å². The number of carbonyl (C=O) groups is 1. The molecule has 0 saturated heterocycles. The van der Waals surface area contributed by atoms with Gasteiger partial charge in [-0.2, -0.15) is 0 Å². The Bertz CT molecular complexity index is 987. The van der Waals surface area contributed by atoms with E-state index in [0.29, 0.717) is 24.3 Å². The van der Waals surface area contributed by atoms with Crippen LogP contribution in [-0.4, -0.2) is 27.1 Å². The number of carbonyl (C=O) groups excluding carboxylic acids is 1. The lowest BCUT2D eigenvalue weighted by molar-refractivity contribution is -0.121. The fraction of sp³-hybridized carbons (Fsp3) is 0.250. The van der Waals surface area contributed by atoms with E-state index in [4.69, 9.17) is 4.42 Å². The van der Waals surface area contributed by atoms with Crippen LogP contribution in [0.3, 0.4) is 0 Å². The molecular formula is C20H21NO4S2. The number of thiophene rings is 1. The second kappa shape index (κ2) is 8.54. The van der Waals surface area contributed by atoms with Crippen LogP contribution in [0.5, 0.6) is 0 Å². The van der Waals surface area contributed by atoms with Crippen LogP contribution in [0.15, 0.2) is 64.3 Å². The summed E-state index contributed by atoms with van der Waals surface area (Å²) in [5.74, 6) is -0.00574. The Morgan fingerprint density at radius 3 is 2.52 bits per heavy atom. The molecule has 1 N–H and O–H groups in total. The van der Waals surface area contributed by atoms with Crippen LogP contribution >= 0.6 is 11.3 Å². The van der Waals surface area contributed by atoms with Gasteiger partial charge in [0.25, 0.3) is 0 Å². The number of nitrogens with one attached hydrogen (secondary N) is 1. The molecule has 5 nitrogen and oxygen atoms in total. The van der Waals surface area contributed by atoms with Gasteiger partial charge in [-0.3, -0.25) is 4.79 Å². The molecular weight excluding hydrogens is 382 g/mol. The molecule has 27 heavy (non-hydrogen) atoms. The van der Waals surface area contributed by atoms with Gasteiger partial charge in [0.15, 0.2) is 9.84 Å². The van der Waals surface area contributed by atoms with Gasteiger partial charge in [-0.15, -0.1) is 11.3 Å². The number of hydrogen-bond acceptors (Lipinski definition) is 5. The van der Waals surface area contributed by atoms with Crippen molar-refractivity contribution in [1.29, 1.82) is 0 Å². The minimum atomic E-state index is -3.19. The van der Waals surface area contributed by atoms with Crippen molar-refractivity contribution in [2.45, 2.75) is 24.2 Å². The average Bonchev–Trinajstić information content (AvgIpc) is 3.31. The van der Waals surface area contributed by atoms with E-state index in [1.54, 1.807) is 48.1 Å². The molecule has 0 saturated carbocycles. The number of rotatable bonds is 8. The van der Waals surface area contributed by atoms with Crippen molar-refractivity contribution in [3.8, 4) is 10.4 Å². The van der Waals surface area contributed by atoms with Crippen LogP contribution in [0.1, 0.15) is 16.9 Å². The molecule has 7 heteroatoms. The predicted molar refractivity (Wildman–Crippen MR) is 107 cm³/mol. The third-order valence-corrected chi connectivity index (χ3v) is 6.48. The standard InChI is InChI=1S/C20H21NO4S2/c1-27(23,24)18-6-2-15(3-7-18)4-9-20(22)21-12-10-17-5-8-19(26-17)16-11-13-25-14-16/h2-3,5-8,11,13-14H,4,9-10,12H2,1H3,(H,21,22). The molecule has 1 amide bonds. The van der Waals surface area contributed by atoms with E-state index in [9.17, 15) is 13.2 Å². The van der Waals surface area contributed by atoms with Gasteiger partial charge in [0.2, 0.25) is 5.91 Å². The SMILES string of the molecule is CS(=O)(=O)c1ccc(CCC(=O)NCCc2ccc(-c3ccoc3)s2)cc1. The minimum Gasteiger partial charge on any atom is -0.472 e. The Morgan fingerprint density at radius 2 is 1.85 bits per heavy atom. The topological polar surface area (TPSA) is 76.4 Å². The molecule has 0 bridgehead atoms. The Morgan fingerprint density at radius 1 is 1.07 bits per heavy atom. The average molecular weight is 404 g/mol. The molecule has 2 heterocycles. The molecule has 1 aromatic carbocycles. The highest BCUT2D eigenvalue weighted by atomic mass is 32.2. The van der Waals surface area contributed by atoms with Crippen LogP contribution in [0.2, 0.25) is 0 Å². The van der Waals surface area contributed by atoms with Gasteiger partial charge in [0.1, 0.15) is 0 Å². The second-order valence-corrected chi connectivity index (χ2v) is 9.48. The first kappa shape index (κ1) is 19.4. The monoisotopic (exact) mass is 403 g/mol. The van der Waals surface area contributed by atoms with E-state index in [1.165, 1.54) is 11.1 Å². The van der Waals surface area contributed by atoms with Crippen molar-refractivity contribution in [1.82, 2.24) is 5.32 Å². The number of aryl methyl sites for hydroxylation is 1.